The fourth-order valence-electron chi connectivity index (χ4n) is 11.7. The predicted octanol–water partition coefficient (Wildman–Crippen LogP) is 7.95. The number of sulfonamides is 1. The van der Waals surface area contributed by atoms with Crippen LogP contribution in [-0.2, 0) is 10.0 Å². The monoisotopic (exact) mass is 993 g/mol. The number of carbonyl (C=O) groups excluding carboxylic acids is 2. The van der Waals surface area contributed by atoms with E-state index in [-0.39, 0.29) is 69.6 Å². The summed E-state index contributed by atoms with van der Waals surface area (Å²) in [5.74, 6) is -1.19. The maximum absolute atomic E-state index is 14.7. The highest BCUT2D eigenvalue weighted by Gasteiger charge is 2.50. The molecule has 376 valence electrons. The van der Waals surface area contributed by atoms with Crippen LogP contribution in [0, 0.1) is 27.3 Å². The number of aliphatic hydroxyl groups is 1. The second-order valence-electron chi connectivity index (χ2n) is 20.8. The van der Waals surface area contributed by atoms with E-state index in [2.05, 4.69) is 67.9 Å². The largest absolute Gasteiger partial charge is 0.489 e. The van der Waals surface area contributed by atoms with E-state index < -0.39 is 48.9 Å². The number of carbonyl (C=O) groups is 2. The number of rotatable bonds is 11. The number of nitrogens with zero attached hydrogens (tertiary/aromatic N) is 5. The number of piperazine rings is 1. The molecule has 71 heavy (non-hydrogen) atoms. The van der Waals surface area contributed by atoms with E-state index >= 15 is 0 Å². The molecule has 1 spiro atoms. The molecule has 2 saturated carbocycles. The Morgan fingerprint density at radius 3 is 2.51 bits per heavy atom. The summed E-state index contributed by atoms with van der Waals surface area (Å²) in [6.07, 6.45) is 8.93. The van der Waals surface area contributed by atoms with Gasteiger partial charge in [0.1, 0.15) is 29.6 Å². The minimum Gasteiger partial charge on any atom is -0.489 e. The van der Waals surface area contributed by atoms with Crippen molar-refractivity contribution in [3.63, 3.8) is 0 Å². The van der Waals surface area contributed by atoms with Crippen LogP contribution in [0.15, 0.2) is 78.0 Å². The van der Waals surface area contributed by atoms with Gasteiger partial charge >= 0.3 is 6.03 Å². The maximum atomic E-state index is 14.7. The number of H-pyrrole nitrogens is 1. The number of nitro benzene ring substituents is 1. The molecule has 2 atom stereocenters. The molecule has 2 saturated heterocycles. The summed E-state index contributed by atoms with van der Waals surface area (Å²) >= 11 is 0. The lowest BCUT2D eigenvalue weighted by Crippen LogP contribution is -2.61. The number of aromatic nitrogens is 2. The van der Waals surface area contributed by atoms with Crippen molar-refractivity contribution in [2.24, 2.45) is 17.1 Å². The van der Waals surface area contributed by atoms with Gasteiger partial charge < -0.3 is 40.4 Å². The van der Waals surface area contributed by atoms with Crippen LogP contribution in [0.1, 0.15) is 106 Å². The number of benzene rings is 3. The van der Waals surface area contributed by atoms with Crippen molar-refractivity contribution in [2.75, 3.05) is 49.5 Å². The van der Waals surface area contributed by atoms with Crippen LogP contribution in [-0.4, -0.2) is 107 Å². The number of anilines is 2. The SMILES string of the molecule is CC(C)c1ccccc1[C@H]1CN(C(N)=O)CCN1C1CC2(CCN(c3ccc(C(=O)NS(=O)(=O)c4cc5c(c([N+](=O)[O-])c4)N[C@@H](C4CCC(C)(O)CC4)CO5)c(Oc4cnc5[nH]cc(F)c5c4)c3)CC2)C1. The summed E-state index contributed by atoms with van der Waals surface area (Å²) in [5, 5.41) is 26.2. The molecule has 6 N–H and O–H groups in total. The van der Waals surface area contributed by atoms with E-state index in [0.29, 0.717) is 63.8 Å². The first-order valence-electron chi connectivity index (χ1n) is 24.5. The first-order chi connectivity index (χ1) is 33.9. The topological polar surface area (TPSA) is 239 Å². The summed E-state index contributed by atoms with van der Waals surface area (Å²) in [6, 6.07) is 16.5. The molecule has 5 heterocycles. The van der Waals surface area contributed by atoms with Crippen molar-refractivity contribution in [3.8, 4) is 17.2 Å². The van der Waals surface area contributed by atoms with Crippen molar-refractivity contribution in [1.29, 1.82) is 0 Å². The highest BCUT2D eigenvalue weighted by atomic mass is 32.2. The zero-order chi connectivity index (χ0) is 50.0. The standard InChI is InChI=1S/C51H60FN9O9S/c1-30(2)36-6-4-5-7-37(36)43-28-59(49(53)63)18-19-60(43)33-24-51(25-33)14-16-58(17-15-51)32-8-9-38(44(20-32)70-34-21-39-40(52)27-55-47(39)54-26-34)48(62)57-71(67,68)35-22-42(61(65)66)46-45(23-35)69-29-41(56-46)31-10-12-50(3,64)13-11-31/h4-9,20-23,26-27,30-31,33,41,43,56,64H,10-19,24-25,28-29H2,1-3H3,(H2,53,63)(H,54,55)(H,57,62)/t31?,41-,43-,50?/m1/s1. The Bertz CT molecular complexity index is 2990. The summed E-state index contributed by atoms with van der Waals surface area (Å²) in [4.78, 5) is 51.2. The van der Waals surface area contributed by atoms with Gasteiger partial charge in [-0.15, -0.1) is 0 Å². The number of hydrogen-bond donors (Lipinski definition) is 5. The van der Waals surface area contributed by atoms with Crippen LogP contribution in [0.4, 0.5) is 26.2 Å². The van der Waals surface area contributed by atoms with Crippen molar-refractivity contribution in [1.82, 2.24) is 24.5 Å². The Balaban J connectivity index is 0.865. The number of hydrogen-bond acceptors (Lipinski definition) is 13. The summed E-state index contributed by atoms with van der Waals surface area (Å²) in [7, 11) is -4.74. The van der Waals surface area contributed by atoms with Crippen LogP contribution >= 0.6 is 0 Å². The second-order valence-corrected chi connectivity index (χ2v) is 22.4. The van der Waals surface area contributed by atoms with Gasteiger partial charge in [0.05, 0.1) is 44.7 Å². The number of ether oxygens (including phenoxy) is 2. The molecule has 20 heteroatoms. The van der Waals surface area contributed by atoms with Gasteiger partial charge in [0.25, 0.3) is 21.6 Å². The van der Waals surface area contributed by atoms with E-state index in [9.17, 15) is 37.6 Å². The fraction of sp³-hybridized carbons (Fsp3) is 0.471. The van der Waals surface area contributed by atoms with Gasteiger partial charge in [-0.25, -0.2) is 27.3 Å². The van der Waals surface area contributed by atoms with Gasteiger partial charge in [0.15, 0.2) is 11.4 Å². The fourth-order valence-corrected chi connectivity index (χ4v) is 12.7. The van der Waals surface area contributed by atoms with Crippen LogP contribution in [0.25, 0.3) is 11.0 Å². The molecule has 3 aliphatic heterocycles. The van der Waals surface area contributed by atoms with E-state index in [1.165, 1.54) is 35.7 Å². The molecule has 0 radical (unpaired) electrons. The predicted molar refractivity (Wildman–Crippen MR) is 264 cm³/mol. The quantitative estimate of drug-likeness (QED) is 0.0625. The lowest BCUT2D eigenvalue weighted by Gasteiger charge is -2.58. The number of halogens is 1. The van der Waals surface area contributed by atoms with Crippen molar-refractivity contribution in [3.05, 3.63) is 106 Å². The molecule has 10 rings (SSSR count). The average molecular weight is 994 g/mol. The van der Waals surface area contributed by atoms with E-state index in [4.69, 9.17) is 15.2 Å². The van der Waals surface area contributed by atoms with Crippen LogP contribution in [0.5, 0.6) is 17.2 Å². The first kappa shape index (κ1) is 48.1. The molecule has 2 aliphatic carbocycles. The molecule has 2 aromatic heterocycles. The highest BCUT2D eigenvalue weighted by molar-refractivity contribution is 7.90. The minimum absolute atomic E-state index is 0.0154. The third-order valence-electron chi connectivity index (χ3n) is 15.8. The number of primary amides is 1. The van der Waals surface area contributed by atoms with E-state index in [1.54, 1.807) is 24.0 Å². The van der Waals surface area contributed by atoms with E-state index in [1.807, 2.05) is 0 Å². The van der Waals surface area contributed by atoms with Gasteiger partial charge in [0.2, 0.25) is 0 Å². The Hall–Kier alpha value is -6.51. The number of urea groups is 1. The van der Waals surface area contributed by atoms with E-state index in [0.717, 1.165) is 50.0 Å². The number of nitrogens with two attached hydrogens (primary N) is 1. The normalized spacial score (nSPS) is 23.7. The van der Waals surface area contributed by atoms with Crippen LogP contribution in [0.2, 0.25) is 0 Å². The summed E-state index contributed by atoms with van der Waals surface area (Å²) < 4.78 is 57.0. The number of nitro groups is 1. The minimum atomic E-state index is -4.74. The van der Waals surface area contributed by atoms with Gasteiger partial charge in [0, 0.05) is 68.8 Å². The Morgan fingerprint density at radius 1 is 1.04 bits per heavy atom. The van der Waals surface area contributed by atoms with Crippen molar-refractivity contribution >= 4 is 50.1 Å². The van der Waals surface area contributed by atoms with Gasteiger partial charge in [-0.05, 0) is 105 Å². The summed E-state index contributed by atoms with van der Waals surface area (Å²) in [5.41, 5.74) is 8.04. The molecular formula is C51H60FN9O9S. The first-order valence-corrected chi connectivity index (χ1v) is 25.9. The second kappa shape index (κ2) is 18.6. The number of nitrogens with one attached hydrogen (secondary N) is 3. The average Bonchev–Trinajstić information content (AvgIpc) is 3.71. The molecule has 3 amide bonds. The third kappa shape index (κ3) is 9.56. The van der Waals surface area contributed by atoms with Crippen LogP contribution < -0.4 is 30.1 Å². The molecule has 0 unspecified atom stereocenters. The van der Waals surface area contributed by atoms with Crippen LogP contribution in [0.3, 0.4) is 0 Å². The molecule has 3 aromatic carbocycles. The number of piperidine rings is 1. The Morgan fingerprint density at radius 2 is 1.79 bits per heavy atom. The smallest absolute Gasteiger partial charge is 0.314 e. The molecule has 5 aliphatic rings. The number of fused-ring (bicyclic) bond motifs is 2. The molecule has 0 bridgehead atoms. The molecule has 4 fully saturated rings. The summed E-state index contributed by atoms with van der Waals surface area (Å²) in [6.45, 7) is 9.57. The zero-order valence-electron chi connectivity index (χ0n) is 40.0. The number of pyridine rings is 1. The lowest BCUT2D eigenvalue weighted by atomic mass is 9.59. The lowest BCUT2D eigenvalue weighted by molar-refractivity contribution is -0.384. The van der Waals surface area contributed by atoms with Gasteiger partial charge in [-0.2, -0.15) is 0 Å². The van der Waals surface area contributed by atoms with Gasteiger partial charge in [-0.1, -0.05) is 38.1 Å². The van der Waals surface area contributed by atoms with Gasteiger partial charge in [-0.3, -0.25) is 19.8 Å². The van der Waals surface area contributed by atoms with Crippen molar-refractivity contribution < 1.29 is 41.9 Å². The number of amides is 3. The number of aromatic amines is 1. The third-order valence-corrected chi connectivity index (χ3v) is 17.1. The maximum Gasteiger partial charge on any atom is 0.314 e. The molecule has 5 aromatic rings. The molecule has 18 nitrogen and oxygen atoms in total. The van der Waals surface area contributed by atoms with Crippen molar-refractivity contribution in [2.45, 2.75) is 107 Å². The Kier molecular flexibility index (Phi) is 12.6. The molecular weight excluding hydrogens is 934 g/mol. The zero-order valence-corrected chi connectivity index (χ0v) is 40.8. The highest BCUT2D eigenvalue weighted by Crippen LogP contribution is 2.53. The Labute approximate surface area is 411 Å².